The largest absolute Gasteiger partial charge is 0.452 e. The van der Waals surface area contributed by atoms with E-state index < -0.39 is 5.97 Å². The second kappa shape index (κ2) is 5.96. The van der Waals surface area contributed by atoms with Crippen LogP contribution in [0.2, 0.25) is 0 Å². The van der Waals surface area contributed by atoms with Gasteiger partial charge in [0.05, 0.1) is 5.56 Å². The van der Waals surface area contributed by atoms with Gasteiger partial charge in [0.25, 0.3) is 5.89 Å². The number of carbonyl (C=O) groups excluding carboxylic acids is 1. The fourth-order valence-electron chi connectivity index (χ4n) is 1.72. The molecule has 0 N–H and O–H groups in total. The standard InChI is InChI=1S/C15H11N3O3/c19-15(12-6-8-16-9-7-12)20-10-13-17-14(18-21-13)11-4-2-1-3-5-11/h1-9H,10H2. The molecule has 0 aliphatic heterocycles. The topological polar surface area (TPSA) is 78.1 Å². The van der Waals surface area contributed by atoms with E-state index in [0.29, 0.717) is 11.4 Å². The second-order valence-corrected chi connectivity index (χ2v) is 4.19. The summed E-state index contributed by atoms with van der Waals surface area (Å²) in [6, 6.07) is 12.6. The van der Waals surface area contributed by atoms with E-state index in [1.165, 1.54) is 12.4 Å². The molecule has 0 amide bonds. The van der Waals surface area contributed by atoms with Crippen LogP contribution in [0, 0.1) is 0 Å². The van der Waals surface area contributed by atoms with Crippen LogP contribution in [-0.4, -0.2) is 21.1 Å². The fourth-order valence-corrected chi connectivity index (χ4v) is 1.72. The van der Waals surface area contributed by atoms with Gasteiger partial charge in [0, 0.05) is 18.0 Å². The minimum atomic E-state index is -0.461. The number of esters is 1. The lowest BCUT2D eigenvalue weighted by Gasteiger charge is -2.00. The minimum Gasteiger partial charge on any atom is -0.452 e. The van der Waals surface area contributed by atoms with Crippen molar-refractivity contribution in [3.05, 3.63) is 66.3 Å². The molecule has 2 aromatic heterocycles. The molecule has 0 aliphatic rings. The maximum atomic E-state index is 11.8. The highest BCUT2D eigenvalue weighted by atomic mass is 16.6. The van der Waals surface area contributed by atoms with Crippen molar-refractivity contribution in [2.45, 2.75) is 6.61 Å². The monoisotopic (exact) mass is 281 g/mol. The van der Waals surface area contributed by atoms with Gasteiger partial charge < -0.3 is 9.26 Å². The molecule has 0 unspecified atom stereocenters. The van der Waals surface area contributed by atoms with E-state index in [1.807, 2.05) is 30.3 Å². The first kappa shape index (κ1) is 13.0. The van der Waals surface area contributed by atoms with Crippen molar-refractivity contribution in [3.63, 3.8) is 0 Å². The van der Waals surface area contributed by atoms with E-state index in [4.69, 9.17) is 9.26 Å². The zero-order chi connectivity index (χ0) is 14.5. The Morgan fingerprint density at radius 2 is 1.86 bits per heavy atom. The molecule has 21 heavy (non-hydrogen) atoms. The number of pyridine rings is 1. The zero-order valence-electron chi connectivity index (χ0n) is 11.0. The Hall–Kier alpha value is -3.02. The zero-order valence-corrected chi connectivity index (χ0v) is 11.0. The Morgan fingerprint density at radius 1 is 1.10 bits per heavy atom. The summed E-state index contributed by atoms with van der Waals surface area (Å²) in [7, 11) is 0. The maximum Gasteiger partial charge on any atom is 0.338 e. The lowest BCUT2D eigenvalue weighted by Crippen LogP contribution is -2.05. The summed E-state index contributed by atoms with van der Waals surface area (Å²) in [5, 5.41) is 3.85. The average molecular weight is 281 g/mol. The van der Waals surface area contributed by atoms with Crippen molar-refractivity contribution in [3.8, 4) is 11.4 Å². The molecule has 0 aliphatic carbocycles. The predicted molar refractivity (Wildman–Crippen MR) is 73.1 cm³/mol. The molecular formula is C15H11N3O3. The lowest BCUT2D eigenvalue weighted by atomic mass is 10.2. The van der Waals surface area contributed by atoms with Gasteiger partial charge in [-0.3, -0.25) is 4.98 Å². The van der Waals surface area contributed by atoms with Crippen LogP contribution in [0.15, 0.2) is 59.4 Å². The van der Waals surface area contributed by atoms with E-state index >= 15 is 0 Å². The van der Waals surface area contributed by atoms with Gasteiger partial charge in [0.2, 0.25) is 5.82 Å². The fraction of sp³-hybridized carbons (Fsp3) is 0.0667. The molecule has 1 aromatic carbocycles. The highest BCUT2D eigenvalue weighted by molar-refractivity contribution is 5.89. The smallest absolute Gasteiger partial charge is 0.338 e. The highest BCUT2D eigenvalue weighted by Crippen LogP contribution is 2.15. The molecule has 2 heterocycles. The molecule has 0 atom stereocenters. The first-order valence-corrected chi connectivity index (χ1v) is 6.28. The van der Waals surface area contributed by atoms with E-state index in [1.54, 1.807) is 12.1 Å². The highest BCUT2D eigenvalue weighted by Gasteiger charge is 2.12. The molecule has 0 saturated carbocycles. The third kappa shape index (κ3) is 3.11. The maximum absolute atomic E-state index is 11.8. The summed E-state index contributed by atoms with van der Waals surface area (Å²) < 4.78 is 10.2. The molecule has 3 aromatic rings. The van der Waals surface area contributed by atoms with Gasteiger partial charge in [-0.25, -0.2) is 4.79 Å². The van der Waals surface area contributed by atoms with Crippen LogP contribution >= 0.6 is 0 Å². The van der Waals surface area contributed by atoms with Gasteiger partial charge in [-0.2, -0.15) is 4.98 Å². The van der Waals surface area contributed by atoms with Crippen molar-refractivity contribution in [2.24, 2.45) is 0 Å². The number of rotatable bonds is 4. The molecule has 0 bridgehead atoms. The lowest BCUT2D eigenvalue weighted by molar-refractivity contribution is 0.0429. The van der Waals surface area contributed by atoms with Crippen molar-refractivity contribution < 1.29 is 14.1 Å². The van der Waals surface area contributed by atoms with Crippen LogP contribution in [0.3, 0.4) is 0 Å². The molecular weight excluding hydrogens is 270 g/mol. The first-order valence-electron chi connectivity index (χ1n) is 6.28. The second-order valence-electron chi connectivity index (χ2n) is 4.19. The molecule has 104 valence electrons. The number of carbonyl (C=O) groups is 1. The molecule has 0 saturated heterocycles. The number of hydrogen-bond donors (Lipinski definition) is 0. The number of ether oxygens (including phenoxy) is 1. The molecule has 0 radical (unpaired) electrons. The van der Waals surface area contributed by atoms with Crippen molar-refractivity contribution in [1.82, 2.24) is 15.1 Å². The summed E-state index contributed by atoms with van der Waals surface area (Å²) in [4.78, 5) is 19.8. The van der Waals surface area contributed by atoms with Gasteiger partial charge in [-0.15, -0.1) is 0 Å². The number of benzene rings is 1. The van der Waals surface area contributed by atoms with Crippen LogP contribution in [-0.2, 0) is 11.3 Å². The summed E-state index contributed by atoms with van der Waals surface area (Å²) in [5.41, 5.74) is 1.26. The van der Waals surface area contributed by atoms with Gasteiger partial charge in [-0.05, 0) is 12.1 Å². The third-order valence-electron chi connectivity index (χ3n) is 2.74. The van der Waals surface area contributed by atoms with E-state index in [9.17, 15) is 4.79 Å². The molecule has 3 rings (SSSR count). The Balaban J connectivity index is 1.64. The third-order valence-corrected chi connectivity index (χ3v) is 2.74. The van der Waals surface area contributed by atoms with Crippen LogP contribution < -0.4 is 0 Å². The Bertz CT molecular complexity index is 726. The molecule has 6 heteroatoms. The summed E-state index contributed by atoms with van der Waals surface area (Å²) >= 11 is 0. The van der Waals surface area contributed by atoms with Crippen LogP contribution in [0.5, 0.6) is 0 Å². The van der Waals surface area contributed by atoms with Crippen molar-refractivity contribution in [2.75, 3.05) is 0 Å². The predicted octanol–water partition coefficient (Wildman–Crippen LogP) is 2.49. The Labute approximate surface area is 120 Å². The van der Waals surface area contributed by atoms with Crippen molar-refractivity contribution >= 4 is 5.97 Å². The molecule has 6 nitrogen and oxygen atoms in total. The van der Waals surface area contributed by atoms with Gasteiger partial charge in [-0.1, -0.05) is 35.5 Å². The average Bonchev–Trinajstić information content (AvgIpc) is 3.03. The van der Waals surface area contributed by atoms with Gasteiger partial charge in [0.15, 0.2) is 6.61 Å². The van der Waals surface area contributed by atoms with Crippen molar-refractivity contribution in [1.29, 1.82) is 0 Å². The summed E-state index contributed by atoms with van der Waals surface area (Å²) in [5.74, 6) is 0.249. The number of aromatic nitrogens is 3. The minimum absolute atomic E-state index is 0.0685. The Kier molecular flexibility index (Phi) is 3.68. The van der Waals surface area contributed by atoms with Crippen LogP contribution in [0.4, 0.5) is 0 Å². The summed E-state index contributed by atoms with van der Waals surface area (Å²) in [6.07, 6.45) is 3.05. The molecule has 0 fully saturated rings. The normalized spacial score (nSPS) is 10.3. The van der Waals surface area contributed by atoms with E-state index in [0.717, 1.165) is 5.56 Å². The first-order chi connectivity index (χ1) is 10.3. The molecule has 0 spiro atoms. The van der Waals surface area contributed by atoms with Crippen LogP contribution in [0.25, 0.3) is 11.4 Å². The van der Waals surface area contributed by atoms with Gasteiger partial charge >= 0.3 is 5.97 Å². The number of hydrogen-bond acceptors (Lipinski definition) is 6. The SMILES string of the molecule is O=C(OCc1nc(-c2ccccc2)no1)c1ccncc1. The summed E-state index contributed by atoms with van der Waals surface area (Å²) in [6.45, 7) is -0.0685. The van der Waals surface area contributed by atoms with E-state index in [-0.39, 0.29) is 12.5 Å². The quantitative estimate of drug-likeness (QED) is 0.684. The van der Waals surface area contributed by atoms with E-state index in [2.05, 4.69) is 15.1 Å². The van der Waals surface area contributed by atoms with Crippen LogP contribution in [0.1, 0.15) is 16.2 Å². The van der Waals surface area contributed by atoms with Gasteiger partial charge in [0.1, 0.15) is 0 Å². The number of nitrogens with zero attached hydrogens (tertiary/aromatic N) is 3. The Morgan fingerprint density at radius 3 is 2.62 bits per heavy atom.